The molecule has 1 unspecified atom stereocenters. The van der Waals surface area contributed by atoms with E-state index in [2.05, 4.69) is 10.3 Å². The van der Waals surface area contributed by atoms with Crippen LogP contribution in [-0.2, 0) is 6.54 Å². The van der Waals surface area contributed by atoms with E-state index in [1.165, 1.54) is 17.7 Å². The molecule has 176 valence electrons. The number of methoxy groups -OCH3 is 1. The first-order chi connectivity index (χ1) is 15.6. The Balaban J connectivity index is 2.18. The van der Waals surface area contributed by atoms with E-state index in [4.69, 9.17) is 4.74 Å². The molecule has 3 N–H and O–H groups in total. The zero-order chi connectivity index (χ0) is 24.4. The molecule has 0 aliphatic rings. The number of aliphatic hydroxyl groups is 1. The number of pyridine rings is 2. The molecule has 0 saturated heterocycles. The maximum Gasteiger partial charge on any atom is 0.341 e. The van der Waals surface area contributed by atoms with Crippen LogP contribution in [0.25, 0.3) is 11.0 Å². The van der Waals surface area contributed by atoms with E-state index >= 15 is 0 Å². The van der Waals surface area contributed by atoms with E-state index in [9.17, 15) is 33.0 Å². The normalized spacial score (nSPS) is 12.2. The number of aromatic nitrogens is 2. The highest BCUT2D eigenvalue weighted by Gasteiger charge is 2.24. The highest BCUT2D eigenvalue weighted by molar-refractivity contribution is 5.93. The van der Waals surface area contributed by atoms with Crippen molar-refractivity contribution in [2.75, 3.05) is 19.0 Å². The largest absolute Gasteiger partial charge is 0.479 e. The molecule has 0 aliphatic heterocycles. The Kier molecular flexibility index (Phi) is 6.92. The average molecular weight is 465 g/mol. The van der Waals surface area contributed by atoms with E-state index in [0.29, 0.717) is 0 Å². The molecule has 0 bridgehead atoms. The van der Waals surface area contributed by atoms with Crippen LogP contribution in [0.4, 0.5) is 18.9 Å². The number of aliphatic hydroxyl groups excluding tert-OH is 1. The van der Waals surface area contributed by atoms with Gasteiger partial charge in [-0.25, -0.2) is 18.0 Å². The van der Waals surface area contributed by atoms with Crippen LogP contribution < -0.4 is 15.5 Å². The molecule has 0 aliphatic carbocycles. The summed E-state index contributed by atoms with van der Waals surface area (Å²) in [7, 11) is 1.30. The van der Waals surface area contributed by atoms with Gasteiger partial charge in [-0.1, -0.05) is 19.9 Å². The summed E-state index contributed by atoms with van der Waals surface area (Å²) in [5.74, 6) is -5.91. The number of nitrogens with one attached hydrogen (secondary N) is 1. The number of benzene rings is 1. The van der Waals surface area contributed by atoms with Gasteiger partial charge in [0, 0.05) is 18.3 Å². The summed E-state index contributed by atoms with van der Waals surface area (Å²) in [5, 5.41) is 22.0. The van der Waals surface area contributed by atoms with Gasteiger partial charge in [0.05, 0.1) is 30.8 Å². The van der Waals surface area contributed by atoms with Gasteiger partial charge in [-0.3, -0.25) is 4.79 Å². The minimum atomic E-state index is -1.62. The molecular formula is C22H22F3N3O5. The van der Waals surface area contributed by atoms with Crippen molar-refractivity contribution in [1.82, 2.24) is 9.55 Å². The minimum absolute atomic E-state index is 0.0119. The molecule has 0 radical (unpaired) electrons. The third-order valence-corrected chi connectivity index (χ3v) is 5.29. The number of aromatic carboxylic acids is 1. The molecule has 2 heterocycles. The fourth-order valence-electron chi connectivity index (χ4n) is 3.46. The van der Waals surface area contributed by atoms with Crippen LogP contribution >= 0.6 is 0 Å². The van der Waals surface area contributed by atoms with Gasteiger partial charge in [0.25, 0.3) is 0 Å². The van der Waals surface area contributed by atoms with Gasteiger partial charge in [0.1, 0.15) is 11.2 Å². The smallest absolute Gasteiger partial charge is 0.341 e. The van der Waals surface area contributed by atoms with Crippen molar-refractivity contribution in [3.8, 4) is 5.88 Å². The third-order valence-electron chi connectivity index (χ3n) is 5.29. The van der Waals surface area contributed by atoms with Crippen LogP contribution in [0.5, 0.6) is 5.88 Å². The molecule has 2 aromatic heterocycles. The molecule has 3 aromatic rings. The lowest BCUT2D eigenvalue weighted by molar-refractivity contribution is 0.0694. The number of carbonyl (C=O) groups is 1. The first-order valence-electron chi connectivity index (χ1n) is 9.94. The number of anilines is 1. The number of fused-ring (bicyclic) bond motifs is 1. The number of hydrogen-bond donors (Lipinski definition) is 3. The highest BCUT2D eigenvalue weighted by Crippen LogP contribution is 2.29. The van der Waals surface area contributed by atoms with Crippen LogP contribution in [0.2, 0.25) is 0 Å². The van der Waals surface area contributed by atoms with Crippen LogP contribution in [-0.4, -0.2) is 39.5 Å². The fourth-order valence-corrected chi connectivity index (χ4v) is 3.46. The Hall–Kier alpha value is -3.60. The summed E-state index contributed by atoms with van der Waals surface area (Å²) in [6.07, 6.45) is 1.13. The molecule has 3 rings (SSSR count). The molecule has 1 aromatic carbocycles. The molecule has 0 saturated carbocycles. The molecule has 0 amide bonds. The van der Waals surface area contributed by atoms with E-state index in [1.54, 1.807) is 0 Å². The predicted octanol–water partition coefficient (Wildman–Crippen LogP) is 3.32. The molecular weight excluding hydrogens is 443 g/mol. The zero-order valence-electron chi connectivity index (χ0n) is 18.0. The average Bonchev–Trinajstić information content (AvgIpc) is 2.78. The summed E-state index contributed by atoms with van der Waals surface area (Å²) < 4.78 is 47.4. The Bertz CT molecular complexity index is 1280. The summed E-state index contributed by atoms with van der Waals surface area (Å²) in [6, 6.07) is 2.55. The van der Waals surface area contributed by atoms with Crippen molar-refractivity contribution in [3.63, 3.8) is 0 Å². The maximum absolute atomic E-state index is 14.0. The van der Waals surface area contributed by atoms with E-state index in [-0.39, 0.29) is 47.2 Å². The van der Waals surface area contributed by atoms with Gasteiger partial charge in [0.2, 0.25) is 11.3 Å². The lowest BCUT2D eigenvalue weighted by atomic mass is 10.0. The molecule has 0 spiro atoms. The fraction of sp³-hybridized carbons (Fsp3) is 0.318. The van der Waals surface area contributed by atoms with Crippen LogP contribution in [0.1, 0.15) is 35.8 Å². The Morgan fingerprint density at radius 3 is 2.52 bits per heavy atom. The van der Waals surface area contributed by atoms with Gasteiger partial charge in [-0.15, -0.1) is 0 Å². The molecule has 11 heteroatoms. The third kappa shape index (κ3) is 4.49. The quantitative estimate of drug-likeness (QED) is 0.438. The molecule has 33 heavy (non-hydrogen) atoms. The standard InChI is InChI=1S/C22H22F3N3O5/c1-10(2)16(9-29)28-8-13(22(31)32)19(30)12-6-15(21(33-3)27-20(12)28)26-7-11-4-5-14(23)18(25)17(11)24/h4-6,8,10,16,26,29H,7,9H2,1-3H3,(H,31,32). The molecule has 0 fully saturated rings. The van der Waals surface area contributed by atoms with Gasteiger partial charge in [-0.2, -0.15) is 4.98 Å². The monoisotopic (exact) mass is 465 g/mol. The Morgan fingerprint density at radius 1 is 1.24 bits per heavy atom. The Labute approximate surface area is 186 Å². The number of nitrogens with zero attached hydrogens (tertiary/aromatic N) is 2. The van der Waals surface area contributed by atoms with E-state index in [0.717, 1.165) is 18.3 Å². The number of halogens is 3. The summed E-state index contributed by atoms with van der Waals surface area (Å²) in [5.41, 5.74) is -1.34. The molecule has 1 atom stereocenters. The van der Waals surface area contributed by atoms with Crippen molar-refractivity contribution < 1.29 is 32.9 Å². The lowest BCUT2D eigenvalue weighted by Crippen LogP contribution is -2.26. The van der Waals surface area contributed by atoms with Crippen molar-refractivity contribution in [2.24, 2.45) is 5.92 Å². The first kappa shape index (κ1) is 24.1. The number of carboxylic acid groups (broad SMARTS) is 1. The highest BCUT2D eigenvalue weighted by atomic mass is 19.2. The van der Waals surface area contributed by atoms with Crippen LogP contribution in [0.3, 0.4) is 0 Å². The second-order valence-electron chi connectivity index (χ2n) is 7.68. The summed E-state index contributed by atoms with van der Waals surface area (Å²) in [4.78, 5) is 28.8. The van der Waals surface area contributed by atoms with Crippen molar-refractivity contribution >= 4 is 22.7 Å². The Morgan fingerprint density at radius 2 is 1.94 bits per heavy atom. The van der Waals surface area contributed by atoms with Gasteiger partial charge in [-0.05, 0) is 18.1 Å². The summed E-state index contributed by atoms with van der Waals surface area (Å²) >= 11 is 0. The number of hydrogen-bond acceptors (Lipinski definition) is 6. The van der Waals surface area contributed by atoms with Gasteiger partial charge < -0.3 is 24.8 Å². The topological polar surface area (TPSA) is 114 Å². The van der Waals surface area contributed by atoms with Crippen molar-refractivity contribution in [2.45, 2.75) is 26.4 Å². The van der Waals surface area contributed by atoms with Crippen molar-refractivity contribution in [1.29, 1.82) is 0 Å². The maximum atomic E-state index is 14.0. The van der Waals surface area contributed by atoms with Gasteiger partial charge in [0.15, 0.2) is 17.5 Å². The second-order valence-corrected chi connectivity index (χ2v) is 7.68. The van der Waals surface area contributed by atoms with Crippen molar-refractivity contribution in [3.05, 3.63) is 63.2 Å². The van der Waals surface area contributed by atoms with Crippen LogP contribution in [0.15, 0.2) is 29.2 Å². The second kappa shape index (κ2) is 9.49. The number of carboxylic acids is 1. The zero-order valence-corrected chi connectivity index (χ0v) is 18.0. The SMILES string of the molecule is COc1nc2c(cc1NCc1ccc(F)c(F)c1F)c(=O)c(C(=O)O)cn2C(CO)C(C)C. The minimum Gasteiger partial charge on any atom is -0.479 e. The summed E-state index contributed by atoms with van der Waals surface area (Å²) in [6.45, 7) is 2.99. The predicted molar refractivity (Wildman–Crippen MR) is 114 cm³/mol. The molecule has 8 nitrogen and oxygen atoms in total. The van der Waals surface area contributed by atoms with Crippen LogP contribution in [0, 0.1) is 23.4 Å². The lowest BCUT2D eigenvalue weighted by Gasteiger charge is -2.24. The van der Waals surface area contributed by atoms with E-state index in [1.807, 2.05) is 13.8 Å². The number of rotatable bonds is 8. The van der Waals surface area contributed by atoms with Gasteiger partial charge >= 0.3 is 5.97 Å². The number of ether oxygens (including phenoxy) is 1. The first-order valence-corrected chi connectivity index (χ1v) is 9.94. The van der Waals surface area contributed by atoms with E-state index < -0.39 is 40.5 Å².